The zero-order valence-corrected chi connectivity index (χ0v) is 13.0. The molecule has 1 aromatic rings. The summed E-state index contributed by atoms with van der Waals surface area (Å²) in [7, 11) is 0. The molecule has 2 rings (SSSR count). The third kappa shape index (κ3) is 3.17. The number of hydrogen-bond acceptors (Lipinski definition) is 3. The summed E-state index contributed by atoms with van der Waals surface area (Å²) in [6.07, 6.45) is 0.0487. The van der Waals surface area contributed by atoms with E-state index in [9.17, 15) is 9.59 Å². The van der Waals surface area contributed by atoms with Gasteiger partial charge >= 0.3 is 0 Å². The lowest BCUT2D eigenvalue weighted by Gasteiger charge is -2.41. The summed E-state index contributed by atoms with van der Waals surface area (Å²) in [6.45, 7) is 8.38. The van der Waals surface area contributed by atoms with Gasteiger partial charge in [0.15, 0.2) is 0 Å². The van der Waals surface area contributed by atoms with Crippen molar-refractivity contribution < 1.29 is 14.3 Å². The fraction of sp³-hybridized carbons (Fsp3) is 0.500. The zero-order valence-electron chi connectivity index (χ0n) is 13.0. The van der Waals surface area contributed by atoms with E-state index in [4.69, 9.17) is 4.74 Å². The van der Waals surface area contributed by atoms with Crippen molar-refractivity contribution in [2.24, 2.45) is 0 Å². The molecule has 1 aliphatic rings. The Kier molecular flexibility index (Phi) is 4.21. The van der Waals surface area contributed by atoms with Crippen LogP contribution in [0.4, 0.5) is 0 Å². The molecule has 1 aliphatic heterocycles. The number of carbonyl (C=O) groups is 2. The molecule has 0 radical (unpaired) electrons. The second-order valence-corrected chi connectivity index (χ2v) is 5.97. The van der Waals surface area contributed by atoms with Crippen LogP contribution in [0.15, 0.2) is 24.3 Å². The van der Waals surface area contributed by atoms with Crippen molar-refractivity contribution in [1.29, 1.82) is 0 Å². The Bertz CT molecular complexity index is 552. The van der Waals surface area contributed by atoms with E-state index in [0.29, 0.717) is 24.4 Å². The number of amides is 2. The Morgan fingerprint density at radius 3 is 2.76 bits per heavy atom. The molecule has 1 saturated heterocycles. The van der Waals surface area contributed by atoms with Gasteiger partial charge in [-0.2, -0.15) is 0 Å². The van der Waals surface area contributed by atoms with E-state index in [2.05, 4.69) is 5.32 Å². The van der Waals surface area contributed by atoms with Crippen LogP contribution < -0.4 is 10.1 Å². The van der Waals surface area contributed by atoms with Gasteiger partial charge < -0.3 is 15.0 Å². The largest absolute Gasteiger partial charge is 0.491 e. The second-order valence-electron chi connectivity index (χ2n) is 5.97. The van der Waals surface area contributed by atoms with Gasteiger partial charge in [0, 0.05) is 18.7 Å². The molecule has 1 fully saturated rings. The van der Waals surface area contributed by atoms with Crippen LogP contribution in [0, 0.1) is 0 Å². The normalized spacial score (nSPS) is 17.6. The first-order valence-electron chi connectivity index (χ1n) is 7.19. The molecular weight excluding hydrogens is 268 g/mol. The smallest absolute Gasteiger partial charge is 0.254 e. The quantitative estimate of drug-likeness (QED) is 0.924. The lowest BCUT2D eigenvalue weighted by Crippen LogP contribution is -2.63. The molecular formula is C16H22N2O3. The van der Waals surface area contributed by atoms with Crippen molar-refractivity contribution in [2.75, 3.05) is 13.1 Å². The molecule has 0 atom stereocenters. The Morgan fingerprint density at radius 1 is 1.38 bits per heavy atom. The topological polar surface area (TPSA) is 58.6 Å². The van der Waals surface area contributed by atoms with Gasteiger partial charge in [0.25, 0.3) is 5.91 Å². The van der Waals surface area contributed by atoms with E-state index in [0.717, 1.165) is 0 Å². The van der Waals surface area contributed by atoms with Gasteiger partial charge in [-0.05, 0) is 45.9 Å². The number of nitrogens with zero attached hydrogens (tertiary/aromatic N) is 1. The molecule has 21 heavy (non-hydrogen) atoms. The summed E-state index contributed by atoms with van der Waals surface area (Å²) in [5, 5.41) is 2.79. The van der Waals surface area contributed by atoms with E-state index >= 15 is 0 Å². The average molecular weight is 290 g/mol. The summed E-state index contributed by atoms with van der Waals surface area (Å²) in [4.78, 5) is 26.2. The van der Waals surface area contributed by atoms with E-state index in [1.807, 2.05) is 19.9 Å². The summed E-state index contributed by atoms with van der Waals surface area (Å²) in [6, 6.07) is 7.09. The molecule has 2 amide bonds. The maximum Gasteiger partial charge on any atom is 0.254 e. The van der Waals surface area contributed by atoms with Crippen LogP contribution in [-0.4, -0.2) is 41.4 Å². The Morgan fingerprint density at radius 2 is 2.10 bits per heavy atom. The molecule has 1 heterocycles. The second kappa shape index (κ2) is 5.76. The van der Waals surface area contributed by atoms with E-state index in [-0.39, 0.29) is 17.9 Å². The number of carbonyl (C=O) groups excluding carboxylic acids is 2. The monoisotopic (exact) mass is 290 g/mol. The molecule has 0 spiro atoms. The fourth-order valence-corrected chi connectivity index (χ4v) is 2.39. The van der Waals surface area contributed by atoms with Crippen LogP contribution in [0.3, 0.4) is 0 Å². The van der Waals surface area contributed by atoms with Gasteiger partial charge in [-0.3, -0.25) is 9.59 Å². The highest BCUT2D eigenvalue weighted by Crippen LogP contribution is 2.23. The zero-order chi connectivity index (χ0) is 15.6. The van der Waals surface area contributed by atoms with Crippen LogP contribution in [0.5, 0.6) is 5.75 Å². The predicted octanol–water partition coefficient (Wildman–Crippen LogP) is 1.82. The lowest BCUT2D eigenvalue weighted by atomic mass is 9.97. The van der Waals surface area contributed by atoms with Crippen LogP contribution in [0.1, 0.15) is 38.1 Å². The van der Waals surface area contributed by atoms with Crippen molar-refractivity contribution in [3.05, 3.63) is 29.8 Å². The van der Waals surface area contributed by atoms with Crippen molar-refractivity contribution in [3.8, 4) is 5.75 Å². The van der Waals surface area contributed by atoms with Crippen LogP contribution in [0.25, 0.3) is 0 Å². The number of hydrogen-bond donors (Lipinski definition) is 1. The maximum absolute atomic E-state index is 12.7. The highest BCUT2D eigenvalue weighted by Gasteiger charge is 2.40. The van der Waals surface area contributed by atoms with E-state index < -0.39 is 5.54 Å². The molecule has 0 aromatic heterocycles. The van der Waals surface area contributed by atoms with Crippen molar-refractivity contribution in [2.45, 2.75) is 39.3 Å². The number of nitrogens with one attached hydrogen (secondary N) is 1. The summed E-state index contributed by atoms with van der Waals surface area (Å²) in [5.41, 5.74) is -0.305. The van der Waals surface area contributed by atoms with E-state index in [1.54, 1.807) is 36.9 Å². The van der Waals surface area contributed by atoms with E-state index in [1.165, 1.54) is 0 Å². The fourth-order valence-electron chi connectivity index (χ4n) is 2.39. The Balaban J connectivity index is 2.25. The lowest BCUT2D eigenvalue weighted by molar-refractivity contribution is -0.133. The highest BCUT2D eigenvalue weighted by molar-refractivity contribution is 5.99. The first-order valence-corrected chi connectivity index (χ1v) is 7.19. The first kappa shape index (κ1) is 15.4. The minimum atomic E-state index is -0.843. The minimum Gasteiger partial charge on any atom is -0.491 e. The minimum absolute atomic E-state index is 0.0487. The molecule has 5 nitrogen and oxygen atoms in total. The number of piperazine rings is 1. The molecule has 0 saturated carbocycles. The van der Waals surface area contributed by atoms with Crippen LogP contribution in [0.2, 0.25) is 0 Å². The molecule has 0 bridgehead atoms. The number of benzene rings is 1. The molecule has 114 valence electrons. The molecule has 1 aromatic carbocycles. The average Bonchev–Trinajstić information content (AvgIpc) is 2.40. The van der Waals surface area contributed by atoms with Gasteiger partial charge in [-0.15, -0.1) is 0 Å². The van der Waals surface area contributed by atoms with Crippen molar-refractivity contribution in [3.63, 3.8) is 0 Å². The summed E-state index contributed by atoms with van der Waals surface area (Å²) < 4.78 is 5.62. The Hall–Kier alpha value is -2.04. The highest BCUT2D eigenvalue weighted by atomic mass is 16.5. The number of ether oxygens (including phenoxy) is 1. The van der Waals surface area contributed by atoms with Crippen molar-refractivity contribution in [1.82, 2.24) is 10.2 Å². The summed E-state index contributed by atoms with van der Waals surface area (Å²) >= 11 is 0. The maximum atomic E-state index is 12.7. The summed E-state index contributed by atoms with van der Waals surface area (Å²) in [5.74, 6) is 0.385. The third-order valence-electron chi connectivity index (χ3n) is 3.55. The Labute approximate surface area is 125 Å². The predicted molar refractivity (Wildman–Crippen MR) is 80.3 cm³/mol. The van der Waals surface area contributed by atoms with Crippen molar-refractivity contribution >= 4 is 11.8 Å². The van der Waals surface area contributed by atoms with Gasteiger partial charge in [0.1, 0.15) is 11.3 Å². The van der Waals surface area contributed by atoms with Gasteiger partial charge in [-0.25, -0.2) is 0 Å². The van der Waals surface area contributed by atoms with Gasteiger partial charge in [-0.1, -0.05) is 6.07 Å². The number of rotatable bonds is 3. The van der Waals surface area contributed by atoms with Gasteiger partial charge in [0.05, 0.1) is 6.10 Å². The van der Waals surface area contributed by atoms with Crippen LogP contribution in [-0.2, 0) is 4.79 Å². The first-order chi connectivity index (χ1) is 9.82. The van der Waals surface area contributed by atoms with Gasteiger partial charge in [0.2, 0.25) is 5.91 Å². The molecule has 5 heteroatoms. The molecule has 0 aliphatic carbocycles. The molecule has 1 N–H and O–H groups in total. The standard InChI is InChI=1S/C16H22N2O3/c1-11(2)21-13-7-5-6-12(10-13)14(19)18-9-8-17-15(20)16(18,3)4/h5-7,10-11H,8-9H2,1-4H3,(H,17,20). The van der Waals surface area contributed by atoms with Crippen LogP contribution >= 0.6 is 0 Å². The third-order valence-corrected chi connectivity index (χ3v) is 3.55. The SMILES string of the molecule is CC(C)Oc1cccc(C(=O)N2CCNC(=O)C2(C)C)c1. The molecule has 0 unspecified atom stereocenters.